The third kappa shape index (κ3) is 4.77. The van der Waals surface area contributed by atoms with Crippen molar-refractivity contribution >= 4 is 11.8 Å². The SMILES string of the molecule is CCCC(=O)c1nc(Cc2ccc(-c3ccccc3C(=O)O)cc2)n(CCC)n1. The summed E-state index contributed by atoms with van der Waals surface area (Å²) in [4.78, 5) is 28.1. The Morgan fingerprint density at radius 2 is 1.72 bits per heavy atom. The molecule has 0 spiro atoms. The van der Waals surface area contributed by atoms with Gasteiger partial charge in [-0.2, -0.15) is 0 Å². The molecule has 0 bridgehead atoms. The van der Waals surface area contributed by atoms with Crippen LogP contribution in [0.5, 0.6) is 0 Å². The summed E-state index contributed by atoms with van der Waals surface area (Å²) < 4.78 is 1.82. The first kappa shape index (κ1) is 20.5. The van der Waals surface area contributed by atoms with Gasteiger partial charge in [0.1, 0.15) is 5.82 Å². The van der Waals surface area contributed by atoms with E-state index in [0.717, 1.165) is 29.8 Å². The molecule has 6 heteroatoms. The van der Waals surface area contributed by atoms with Gasteiger partial charge < -0.3 is 5.11 Å². The molecule has 2 aromatic carbocycles. The van der Waals surface area contributed by atoms with Gasteiger partial charge in [0, 0.05) is 19.4 Å². The van der Waals surface area contributed by atoms with Gasteiger partial charge >= 0.3 is 5.97 Å². The number of rotatable bonds is 9. The summed E-state index contributed by atoms with van der Waals surface area (Å²) >= 11 is 0. The number of Topliss-reactive ketones (excluding diaryl/α,β-unsaturated/α-hetero) is 1. The van der Waals surface area contributed by atoms with Gasteiger partial charge in [0.15, 0.2) is 0 Å². The maximum Gasteiger partial charge on any atom is 0.336 e. The van der Waals surface area contributed by atoms with Crippen LogP contribution in [0.25, 0.3) is 11.1 Å². The maximum atomic E-state index is 12.2. The van der Waals surface area contributed by atoms with Crippen LogP contribution in [-0.4, -0.2) is 31.6 Å². The number of aryl methyl sites for hydroxylation is 1. The van der Waals surface area contributed by atoms with Crippen LogP contribution in [0, 0.1) is 0 Å². The van der Waals surface area contributed by atoms with Crippen LogP contribution >= 0.6 is 0 Å². The highest BCUT2D eigenvalue weighted by molar-refractivity contribution is 5.96. The van der Waals surface area contributed by atoms with Crippen LogP contribution in [0.4, 0.5) is 0 Å². The Labute approximate surface area is 170 Å². The minimum atomic E-state index is -0.943. The maximum absolute atomic E-state index is 12.2. The third-order valence-electron chi connectivity index (χ3n) is 4.69. The second-order valence-electron chi connectivity index (χ2n) is 6.97. The van der Waals surface area contributed by atoms with E-state index in [9.17, 15) is 14.7 Å². The Bertz CT molecular complexity index is 1010. The zero-order valence-corrected chi connectivity index (χ0v) is 16.8. The van der Waals surface area contributed by atoms with Gasteiger partial charge in [-0.15, -0.1) is 5.10 Å². The van der Waals surface area contributed by atoms with Gasteiger partial charge in [0.05, 0.1) is 5.56 Å². The highest BCUT2D eigenvalue weighted by atomic mass is 16.4. The predicted octanol–water partition coefficient (Wildman–Crippen LogP) is 4.63. The molecule has 3 rings (SSSR count). The Hall–Kier alpha value is -3.28. The Morgan fingerprint density at radius 3 is 2.38 bits per heavy atom. The van der Waals surface area contributed by atoms with E-state index in [1.54, 1.807) is 12.1 Å². The molecule has 0 saturated heterocycles. The summed E-state index contributed by atoms with van der Waals surface area (Å²) in [6.45, 7) is 4.74. The zero-order valence-electron chi connectivity index (χ0n) is 16.8. The largest absolute Gasteiger partial charge is 0.478 e. The molecule has 0 radical (unpaired) electrons. The number of benzene rings is 2. The van der Waals surface area contributed by atoms with Gasteiger partial charge in [-0.3, -0.25) is 4.79 Å². The highest BCUT2D eigenvalue weighted by Gasteiger charge is 2.16. The average Bonchev–Trinajstić information content (AvgIpc) is 3.12. The number of carboxylic acids is 1. The number of carboxylic acid groups (broad SMARTS) is 1. The molecule has 1 aromatic heterocycles. The van der Waals surface area contributed by atoms with E-state index in [2.05, 4.69) is 17.0 Å². The summed E-state index contributed by atoms with van der Waals surface area (Å²) in [7, 11) is 0. The number of aromatic nitrogens is 3. The molecule has 0 atom stereocenters. The van der Waals surface area contributed by atoms with Gasteiger partial charge in [0.2, 0.25) is 11.6 Å². The minimum absolute atomic E-state index is 0.0239. The molecule has 0 saturated carbocycles. The molecule has 6 nitrogen and oxygen atoms in total. The summed E-state index contributed by atoms with van der Waals surface area (Å²) in [6.07, 6.45) is 2.69. The Morgan fingerprint density at radius 1 is 1.00 bits per heavy atom. The molecule has 3 aromatic rings. The lowest BCUT2D eigenvalue weighted by molar-refractivity contribution is 0.0697. The van der Waals surface area contributed by atoms with Crippen molar-refractivity contribution in [2.75, 3.05) is 0 Å². The van der Waals surface area contributed by atoms with Crippen molar-refractivity contribution in [2.24, 2.45) is 0 Å². The van der Waals surface area contributed by atoms with Crippen LogP contribution in [0.3, 0.4) is 0 Å². The second kappa shape index (κ2) is 9.28. The van der Waals surface area contributed by atoms with E-state index in [1.165, 1.54) is 0 Å². The fourth-order valence-corrected chi connectivity index (χ4v) is 3.26. The number of aromatic carboxylic acids is 1. The van der Waals surface area contributed by atoms with E-state index in [1.807, 2.05) is 48.0 Å². The van der Waals surface area contributed by atoms with Crippen molar-refractivity contribution in [3.8, 4) is 11.1 Å². The molecule has 0 amide bonds. The summed E-state index contributed by atoms with van der Waals surface area (Å²) in [5.74, 6) is 0.0955. The van der Waals surface area contributed by atoms with Gasteiger partial charge in [0.25, 0.3) is 0 Å². The monoisotopic (exact) mass is 391 g/mol. The average molecular weight is 391 g/mol. The summed E-state index contributed by atoms with van der Waals surface area (Å²) in [6, 6.07) is 14.7. The van der Waals surface area contributed by atoms with Crippen LogP contribution in [0.15, 0.2) is 48.5 Å². The normalized spacial score (nSPS) is 10.8. The van der Waals surface area contributed by atoms with Crippen molar-refractivity contribution in [1.82, 2.24) is 14.8 Å². The van der Waals surface area contributed by atoms with Crippen LogP contribution in [0.1, 0.15) is 65.5 Å². The molecule has 0 aliphatic heterocycles. The van der Waals surface area contributed by atoms with E-state index < -0.39 is 5.97 Å². The van der Waals surface area contributed by atoms with Crippen molar-refractivity contribution in [3.05, 3.63) is 71.3 Å². The lowest BCUT2D eigenvalue weighted by atomic mass is 9.98. The third-order valence-corrected chi connectivity index (χ3v) is 4.69. The van der Waals surface area contributed by atoms with Crippen molar-refractivity contribution in [2.45, 2.75) is 46.1 Å². The van der Waals surface area contributed by atoms with Crippen LogP contribution in [0.2, 0.25) is 0 Å². The molecule has 0 unspecified atom stereocenters. The fourth-order valence-electron chi connectivity index (χ4n) is 3.26. The summed E-state index contributed by atoms with van der Waals surface area (Å²) in [5.41, 5.74) is 2.84. The molecule has 0 aliphatic rings. The predicted molar refractivity (Wildman–Crippen MR) is 111 cm³/mol. The number of nitrogens with zero attached hydrogens (tertiary/aromatic N) is 3. The number of carbonyl (C=O) groups excluding carboxylic acids is 1. The van der Waals surface area contributed by atoms with Gasteiger partial charge in [-0.25, -0.2) is 14.5 Å². The number of hydrogen-bond donors (Lipinski definition) is 1. The van der Waals surface area contributed by atoms with Gasteiger partial charge in [-0.1, -0.05) is 56.3 Å². The summed E-state index contributed by atoms with van der Waals surface area (Å²) in [5, 5.41) is 13.8. The second-order valence-corrected chi connectivity index (χ2v) is 6.97. The lowest BCUT2D eigenvalue weighted by Gasteiger charge is -2.08. The first-order chi connectivity index (χ1) is 14.0. The van der Waals surface area contributed by atoms with Crippen molar-refractivity contribution < 1.29 is 14.7 Å². The molecular weight excluding hydrogens is 366 g/mol. The Balaban J connectivity index is 1.85. The zero-order chi connectivity index (χ0) is 20.8. The van der Waals surface area contributed by atoms with E-state index in [4.69, 9.17) is 0 Å². The van der Waals surface area contributed by atoms with Crippen molar-refractivity contribution in [1.29, 1.82) is 0 Å². The molecule has 1 heterocycles. The van der Waals surface area contributed by atoms with E-state index >= 15 is 0 Å². The smallest absolute Gasteiger partial charge is 0.336 e. The Kier molecular flexibility index (Phi) is 6.54. The molecule has 29 heavy (non-hydrogen) atoms. The van der Waals surface area contributed by atoms with Crippen LogP contribution in [-0.2, 0) is 13.0 Å². The van der Waals surface area contributed by atoms with Gasteiger partial charge in [-0.05, 0) is 35.6 Å². The first-order valence-corrected chi connectivity index (χ1v) is 9.92. The quantitative estimate of drug-likeness (QED) is 0.538. The number of hydrogen-bond acceptors (Lipinski definition) is 4. The number of carbonyl (C=O) groups is 2. The van der Waals surface area contributed by atoms with E-state index in [-0.39, 0.29) is 11.3 Å². The standard InChI is InChI=1S/C23H25N3O3/c1-3-7-20(27)22-24-21(26(25-22)14-4-2)15-16-10-12-17(13-11-16)18-8-5-6-9-19(18)23(28)29/h5-6,8-13H,3-4,7,14-15H2,1-2H3,(H,28,29). The molecule has 1 N–H and O–H groups in total. The minimum Gasteiger partial charge on any atom is -0.478 e. The molecule has 0 aliphatic carbocycles. The lowest BCUT2D eigenvalue weighted by Crippen LogP contribution is -2.06. The highest BCUT2D eigenvalue weighted by Crippen LogP contribution is 2.24. The molecule has 150 valence electrons. The van der Waals surface area contributed by atoms with E-state index in [0.29, 0.717) is 30.8 Å². The first-order valence-electron chi connectivity index (χ1n) is 9.92. The molecular formula is C23H25N3O3. The topological polar surface area (TPSA) is 85.1 Å². The molecule has 0 fully saturated rings. The van der Waals surface area contributed by atoms with Crippen molar-refractivity contribution in [3.63, 3.8) is 0 Å². The fraction of sp³-hybridized carbons (Fsp3) is 0.304. The van der Waals surface area contributed by atoms with Crippen LogP contribution < -0.4 is 0 Å². The number of ketones is 1.